The van der Waals surface area contributed by atoms with Crippen LogP contribution in [0.25, 0.3) is 10.2 Å². The molecular formula is C14H16N2O3S2. The number of fused-ring (bicyclic) bond motifs is 1. The lowest BCUT2D eigenvalue weighted by Gasteiger charge is -2.26. The van der Waals surface area contributed by atoms with Gasteiger partial charge in [0.05, 0.1) is 11.4 Å². The molecule has 2 aromatic heterocycles. The lowest BCUT2D eigenvalue weighted by Crippen LogP contribution is -2.29. The molecule has 2 heterocycles. The van der Waals surface area contributed by atoms with Crippen molar-refractivity contribution in [1.29, 1.82) is 0 Å². The Kier molecular flexibility index (Phi) is 3.95. The molecule has 7 heteroatoms. The van der Waals surface area contributed by atoms with Crippen molar-refractivity contribution >= 4 is 39.7 Å². The number of hydrogen-bond donors (Lipinski definition) is 2. The van der Waals surface area contributed by atoms with Gasteiger partial charge >= 0.3 is 5.97 Å². The van der Waals surface area contributed by atoms with E-state index >= 15 is 0 Å². The number of carboxylic acids is 1. The number of nitrogens with one attached hydrogen (secondary N) is 1. The van der Waals surface area contributed by atoms with Crippen molar-refractivity contribution in [2.75, 3.05) is 0 Å². The zero-order valence-corrected chi connectivity index (χ0v) is 13.0. The summed E-state index contributed by atoms with van der Waals surface area (Å²) < 4.78 is 2.77. The first-order valence-corrected chi connectivity index (χ1v) is 8.28. The van der Waals surface area contributed by atoms with Crippen molar-refractivity contribution in [2.45, 2.75) is 32.2 Å². The van der Waals surface area contributed by atoms with E-state index in [0.717, 1.165) is 18.4 Å². The highest BCUT2D eigenvalue weighted by Gasteiger charge is 2.26. The molecule has 112 valence electrons. The Labute approximate surface area is 130 Å². The summed E-state index contributed by atoms with van der Waals surface area (Å²) >= 11 is 6.70. The number of H-pyrrole nitrogens is 1. The molecular weight excluding hydrogens is 308 g/mol. The fraction of sp³-hybridized carbons (Fsp3) is 0.500. The minimum absolute atomic E-state index is 0.0379. The maximum absolute atomic E-state index is 12.4. The van der Waals surface area contributed by atoms with E-state index in [1.807, 2.05) is 11.4 Å². The molecule has 1 aliphatic rings. The molecule has 2 aromatic rings. The van der Waals surface area contributed by atoms with Crippen LogP contribution in [0.2, 0.25) is 0 Å². The molecule has 1 aliphatic carbocycles. The third kappa shape index (κ3) is 2.80. The highest BCUT2D eigenvalue weighted by Crippen LogP contribution is 2.30. The number of aliphatic carboxylic acids is 1. The van der Waals surface area contributed by atoms with Crippen molar-refractivity contribution in [3.63, 3.8) is 0 Å². The van der Waals surface area contributed by atoms with Crippen LogP contribution >= 0.6 is 23.6 Å². The predicted octanol–water partition coefficient (Wildman–Crippen LogP) is 3.01. The number of nitrogens with zero attached hydrogens (tertiary/aromatic N) is 1. The quantitative estimate of drug-likeness (QED) is 0.851. The van der Waals surface area contributed by atoms with Crippen molar-refractivity contribution in [1.82, 2.24) is 9.55 Å². The van der Waals surface area contributed by atoms with Gasteiger partial charge in [-0.15, -0.1) is 11.3 Å². The molecule has 3 rings (SSSR count). The van der Waals surface area contributed by atoms with Crippen molar-refractivity contribution in [3.8, 4) is 0 Å². The van der Waals surface area contributed by atoms with Crippen molar-refractivity contribution < 1.29 is 9.90 Å². The van der Waals surface area contributed by atoms with Gasteiger partial charge in [-0.05, 0) is 55.3 Å². The average Bonchev–Trinajstić information content (AvgIpc) is 2.92. The third-order valence-corrected chi connectivity index (χ3v) is 5.45. The van der Waals surface area contributed by atoms with Crippen LogP contribution in [0.1, 0.15) is 25.7 Å². The second kappa shape index (κ2) is 5.73. The van der Waals surface area contributed by atoms with Gasteiger partial charge < -0.3 is 10.1 Å². The number of aromatic amines is 1. The maximum atomic E-state index is 12.4. The summed E-state index contributed by atoms with van der Waals surface area (Å²) in [5.41, 5.74) is 0.755. The van der Waals surface area contributed by atoms with Crippen molar-refractivity contribution in [3.05, 3.63) is 26.6 Å². The Morgan fingerprint density at radius 3 is 2.81 bits per heavy atom. The summed E-state index contributed by atoms with van der Waals surface area (Å²) in [6, 6.07) is 1.86. The molecule has 0 amide bonds. The van der Waals surface area contributed by atoms with Crippen LogP contribution in [0.5, 0.6) is 0 Å². The number of rotatable bonds is 3. The highest BCUT2D eigenvalue weighted by atomic mass is 32.1. The molecule has 5 nitrogen and oxygen atoms in total. The van der Waals surface area contributed by atoms with E-state index < -0.39 is 5.97 Å². The molecule has 0 atom stereocenters. The molecule has 0 radical (unpaired) electrons. The van der Waals surface area contributed by atoms with E-state index in [0.29, 0.717) is 34.8 Å². The zero-order chi connectivity index (χ0) is 15.0. The minimum atomic E-state index is -0.706. The van der Waals surface area contributed by atoms with Gasteiger partial charge in [-0.3, -0.25) is 14.2 Å². The summed E-state index contributed by atoms with van der Waals surface area (Å²) in [7, 11) is 0. The topological polar surface area (TPSA) is 75.1 Å². The lowest BCUT2D eigenvalue weighted by molar-refractivity contribution is -0.143. The largest absolute Gasteiger partial charge is 0.481 e. The Morgan fingerprint density at radius 2 is 2.14 bits per heavy atom. The Hall–Kier alpha value is -1.47. The second-order valence-corrected chi connectivity index (χ2v) is 6.87. The van der Waals surface area contributed by atoms with Crippen LogP contribution < -0.4 is 5.56 Å². The van der Waals surface area contributed by atoms with Crippen LogP contribution in [-0.2, 0) is 11.3 Å². The molecule has 2 N–H and O–H groups in total. The van der Waals surface area contributed by atoms with Crippen LogP contribution in [0.3, 0.4) is 0 Å². The summed E-state index contributed by atoms with van der Waals surface area (Å²) in [4.78, 5) is 26.5. The monoisotopic (exact) mass is 324 g/mol. The number of carbonyl (C=O) groups is 1. The van der Waals surface area contributed by atoms with Gasteiger partial charge in [-0.25, -0.2) is 0 Å². The maximum Gasteiger partial charge on any atom is 0.306 e. The van der Waals surface area contributed by atoms with E-state index in [2.05, 4.69) is 4.98 Å². The third-order valence-electron chi connectivity index (χ3n) is 4.23. The number of aromatic nitrogens is 2. The average molecular weight is 324 g/mol. The molecule has 0 aliphatic heterocycles. The second-order valence-electron chi connectivity index (χ2n) is 5.57. The highest BCUT2D eigenvalue weighted by molar-refractivity contribution is 7.71. The molecule has 0 bridgehead atoms. The zero-order valence-electron chi connectivity index (χ0n) is 11.4. The molecule has 1 saturated carbocycles. The van der Waals surface area contributed by atoms with E-state index in [-0.39, 0.29) is 11.5 Å². The Morgan fingerprint density at radius 1 is 1.43 bits per heavy atom. The molecule has 1 fully saturated rings. The Bertz CT molecular complexity index is 781. The first-order valence-electron chi connectivity index (χ1n) is 6.99. The number of hydrogen-bond acceptors (Lipinski definition) is 4. The minimum Gasteiger partial charge on any atom is -0.481 e. The first kappa shape index (κ1) is 14.5. The fourth-order valence-electron chi connectivity index (χ4n) is 2.99. The molecule has 0 aromatic carbocycles. The van der Waals surface area contributed by atoms with Gasteiger partial charge in [0.25, 0.3) is 5.56 Å². The standard InChI is InChI=1S/C14H16N2O3S2/c17-12-11-10(5-6-21-11)15-14(20)16(12)7-8-1-3-9(4-2-8)13(18)19/h5-6,8-9H,1-4,7H2,(H,15,20)(H,18,19). The number of thiophene rings is 1. The lowest BCUT2D eigenvalue weighted by atomic mass is 9.82. The van der Waals surface area contributed by atoms with E-state index in [1.165, 1.54) is 11.3 Å². The van der Waals surface area contributed by atoms with Gasteiger partial charge in [-0.1, -0.05) is 0 Å². The van der Waals surface area contributed by atoms with Gasteiger partial charge in [0.15, 0.2) is 4.77 Å². The number of carboxylic acid groups (broad SMARTS) is 1. The molecule has 21 heavy (non-hydrogen) atoms. The smallest absolute Gasteiger partial charge is 0.306 e. The van der Waals surface area contributed by atoms with E-state index in [1.54, 1.807) is 4.57 Å². The van der Waals surface area contributed by atoms with Crippen LogP contribution in [-0.4, -0.2) is 20.6 Å². The van der Waals surface area contributed by atoms with Crippen LogP contribution in [0.4, 0.5) is 0 Å². The summed E-state index contributed by atoms with van der Waals surface area (Å²) in [5, 5.41) is 10.9. The van der Waals surface area contributed by atoms with Crippen LogP contribution in [0, 0.1) is 16.6 Å². The van der Waals surface area contributed by atoms with Crippen molar-refractivity contribution in [2.24, 2.45) is 11.8 Å². The van der Waals surface area contributed by atoms with Gasteiger partial charge in [0, 0.05) is 6.54 Å². The summed E-state index contributed by atoms with van der Waals surface area (Å²) in [6.07, 6.45) is 3.04. The van der Waals surface area contributed by atoms with E-state index in [4.69, 9.17) is 17.3 Å². The molecule has 0 unspecified atom stereocenters. The summed E-state index contributed by atoms with van der Waals surface area (Å²) in [5.74, 6) is -0.610. The molecule has 0 spiro atoms. The van der Waals surface area contributed by atoms with Gasteiger partial charge in [0.1, 0.15) is 4.70 Å². The van der Waals surface area contributed by atoms with E-state index in [9.17, 15) is 9.59 Å². The normalized spacial score (nSPS) is 22.5. The predicted molar refractivity (Wildman–Crippen MR) is 84.4 cm³/mol. The fourth-order valence-corrected chi connectivity index (χ4v) is 4.05. The van der Waals surface area contributed by atoms with Gasteiger partial charge in [-0.2, -0.15) is 0 Å². The first-order chi connectivity index (χ1) is 10.1. The van der Waals surface area contributed by atoms with Crippen LogP contribution in [0.15, 0.2) is 16.2 Å². The Balaban J connectivity index is 1.81. The SMILES string of the molecule is O=C(O)C1CCC(Cn2c(=S)[nH]c3ccsc3c2=O)CC1. The molecule has 0 saturated heterocycles. The van der Waals surface area contributed by atoms with Gasteiger partial charge in [0.2, 0.25) is 0 Å². The summed E-state index contributed by atoms with van der Waals surface area (Å²) in [6.45, 7) is 0.578.